The van der Waals surface area contributed by atoms with E-state index in [-0.39, 0.29) is 24.1 Å². The minimum Gasteiger partial charge on any atom is -0.493 e. The molecule has 0 spiro atoms. The summed E-state index contributed by atoms with van der Waals surface area (Å²) in [7, 11) is 3.03. The average molecular weight is 417 g/mol. The van der Waals surface area contributed by atoms with Crippen LogP contribution in [0.4, 0.5) is 0 Å². The van der Waals surface area contributed by atoms with Gasteiger partial charge in [0.25, 0.3) is 11.5 Å². The monoisotopic (exact) mass is 416 g/mol. The van der Waals surface area contributed by atoms with E-state index < -0.39 is 0 Å². The molecular formula is C20H24N4O4S. The van der Waals surface area contributed by atoms with E-state index in [0.29, 0.717) is 32.8 Å². The van der Waals surface area contributed by atoms with Gasteiger partial charge in [0.05, 0.1) is 31.7 Å². The van der Waals surface area contributed by atoms with Gasteiger partial charge < -0.3 is 19.4 Å². The van der Waals surface area contributed by atoms with Gasteiger partial charge in [-0.15, -0.1) is 21.5 Å². The van der Waals surface area contributed by atoms with E-state index in [9.17, 15) is 9.59 Å². The second-order valence-electron chi connectivity index (χ2n) is 6.49. The first-order valence-electron chi connectivity index (χ1n) is 9.38. The summed E-state index contributed by atoms with van der Waals surface area (Å²) >= 11 is 1.36. The van der Waals surface area contributed by atoms with E-state index >= 15 is 0 Å². The van der Waals surface area contributed by atoms with Gasteiger partial charge in [-0.3, -0.25) is 9.59 Å². The van der Waals surface area contributed by atoms with Gasteiger partial charge >= 0.3 is 0 Å². The fourth-order valence-electron chi connectivity index (χ4n) is 3.34. The number of hydrogen-bond donors (Lipinski definition) is 1. The summed E-state index contributed by atoms with van der Waals surface area (Å²) < 4.78 is 12.4. The number of hydrogen-bond acceptors (Lipinski definition) is 7. The van der Waals surface area contributed by atoms with Crippen LogP contribution < -0.4 is 20.3 Å². The first kappa shape index (κ1) is 20.8. The normalized spacial score (nSPS) is 11.1. The predicted octanol–water partition coefficient (Wildman–Crippen LogP) is 3.16. The zero-order valence-electron chi connectivity index (χ0n) is 16.9. The molecule has 3 aromatic rings. The topological polar surface area (TPSA) is 95.3 Å². The number of amides is 1. The molecule has 29 heavy (non-hydrogen) atoms. The number of methoxy groups -OCH3 is 2. The van der Waals surface area contributed by atoms with Crippen molar-refractivity contribution in [2.45, 2.75) is 39.3 Å². The number of rotatable bonds is 8. The van der Waals surface area contributed by atoms with Crippen LogP contribution in [0.15, 0.2) is 28.6 Å². The van der Waals surface area contributed by atoms with Crippen molar-refractivity contribution in [2.24, 2.45) is 0 Å². The molecule has 0 aliphatic carbocycles. The average Bonchev–Trinajstić information content (AvgIpc) is 3.27. The van der Waals surface area contributed by atoms with E-state index in [2.05, 4.69) is 15.5 Å². The number of nitrogens with zero attached hydrogens (tertiary/aromatic N) is 3. The number of fused-ring (bicyclic) bond motifs is 1. The van der Waals surface area contributed by atoms with Crippen molar-refractivity contribution in [3.63, 3.8) is 0 Å². The molecule has 154 valence electrons. The Morgan fingerprint density at radius 3 is 2.38 bits per heavy atom. The fourth-order valence-corrected chi connectivity index (χ4v) is 3.81. The maximum absolute atomic E-state index is 13.2. The number of pyridine rings is 1. The maximum Gasteiger partial charge on any atom is 0.258 e. The van der Waals surface area contributed by atoms with E-state index in [1.54, 1.807) is 28.4 Å². The Bertz CT molecular complexity index is 1060. The Balaban J connectivity index is 2.17. The molecule has 0 saturated heterocycles. The number of carbonyl (C=O) groups is 1. The lowest BCUT2D eigenvalue weighted by atomic mass is 10.0. The van der Waals surface area contributed by atoms with Gasteiger partial charge in [-0.25, -0.2) is 0 Å². The van der Waals surface area contributed by atoms with E-state index in [1.807, 2.05) is 13.8 Å². The molecular weight excluding hydrogens is 392 g/mol. The van der Waals surface area contributed by atoms with Gasteiger partial charge in [0.1, 0.15) is 10.5 Å². The van der Waals surface area contributed by atoms with Crippen LogP contribution in [0, 0.1) is 0 Å². The minimum absolute atomic E-state index is 0.00490. The van der Waals surface area contributed by atoms with Gasteiger partial charge in [0.2, 0.25) is 0 Å². The summed E-state index contributed by atoms with van der Waals surface area (Å²) in [4.78, 5) is 26.2. The SMILES string of the molecule is CCC(CC)n1cc(C(=O)NCc2nncs2)c2cc(OC)c(OC)cc2c1=O. The van der Waals surface area contributed by atoms with Crippen molar-refractivity contribution < 1.29 is 14.3 Å². The Morgan fingerprint density at radius 1 is 1.17 bits per heavy atom. The highest BCUT2D eigenvalue weighted by atomic mass is 32.1. The number of aromatic nitrogens is 3. The first-order chi connectivity index (χ1) is 14.0. The smallest absolute Gasteiger partial charge is 0.258 e. The van der Waals surface area contributed by atoms with Crippen LogP contribution in [0.25, 0.3) is 10.8 Å². The highest BCUT2D eigenvalue weighted by molar-refractivity contribution is 7.09. The Hall–Kier alpha value is -2.94. The zero-order valence-corrected chi connectivity index (χ0v) is 17.7. The molecule has 8 nitrogen and oxygen atoms in total. The second kappa shape index (κ2) is 9.04. The molecule has 0 atom stereocenters. The molecule has 9 heteroatoms. The van der Waals surface area contributed by atoms with E-state index in [0.717, 1.165) is 12.8 Å². The highest BCUT2D eigenvalue weighted by Gasteiger charge is 2.20. The van der Waals surface area contributed by atoms with E-state index in [4.69, 9.17) is 9.47 Å². The number of nitrogens with one attached hydrogen (secondary N) is 1. The maximum atomic E-state index is 13.2. The number of benzene rings is 1. The van der Waals surface area contributed by atoms with Crippen LogP contribution in [-0.4, -0.2) is 34.9 Å². The lowest BCUT2D eigenvalue weighted by molar-refractivity contribution is 0.0951. The lowest BCUT2D eigenvalue weighted by Gasteiger charge is -2.20. The van der Waals surface area contributed by atoms with Crippen LogP contribution in [0.3, 0.4) is 0 Å². The van der Waals surface area contributed by atoms with E-state index in [1.165, 1.54) is 25.6 Å². The predicted molar refractivity (Wildman–Crippen MR) is 112 cm³/mol. The molecule has 0 saturated carbocycles. The lowest BCUT2D eigenvalue weighted by Crippen LogP contribution is -2.29. The third-order valence-corrected chi connectivity index (χ3v) is 5.63. The summed E-state index contributed by atoms with van der Waals surface area (Å²) in [6, 6.07) is 3.30. The molecule has 0 unspecified atom stereocenters. The summed E-state index contributed by atoms with van der Waals surface area (Å²) in [5.41, 5.74) is 1.86. The van der Waals surface area contributed by atoms with Crippen molar-refractivity contribution in [3.05, 3.63) is 44.8 Å². The highest BCUT2D eigenvalue weighted by Crippen LogP contribution is 2.33. The van der Waals surface area contributed by atoms with Gasteiger partial charge in [0.15, 0.2) is 11.5 Å². The summed E-state index contributed by atoms with van der Waals surface area (Å²) in [5, 5.41) is 12.2. The Morgan fingerprint density at radius 2 is 1.83 bits per heavy atom. The van der Waals surface area contributed by atoms with Gasteiger partial charge in [-0.1, -0.05) is 13.8 Å². The van der Waals surface area contributed by atoms with Crippen LogP contribution in [-0.2, 0) is 6.54 Å². The number of ether oxygens (including phenoxy) is 2. The van der Waals surface area contributed by atoms with Crippen molar-refractivity contribution in [3.8, 4) is 11.5 Å². The zero-order chi connectivity index (χ0) is 21.0. The van der Waals surface area contributed by atoms with Gasteiger partial charge in [0, 0.05) is 17.6 Å². The molecule has 1 aromatic carbocycles. The molecule has 0 aliphatic heterocycles. The molecule has 1 N–H and O–H groups in total. The van der Waals surface area contributed by atoms with Crippen molar-refractivity contribution in [2.75, 3.05) is 14.2 Å². The molecule has 2 aromatic heterocycles. The molecule has 2 heterocycles. The molecule has 3 rings (SSSR count). The Kier molecular flexibility index (Phi) is 6.48. The van der Waals surface area contributed by atoms with Crippen molar-refractivity contribution in [1.29, 1.82) is 0 Å². The van der Waals surface area contributed by atoms with Crippen LogP contribution in [0.5, 0.6) is 11.5 Å². The van der Waals surface area contributed by atoms with Gasteiger partial charge in [-0.2, -0.15) is 0 Å². The third-order valence-electron chi connectivity index (χ3n) is 4.93. The summed E-state index contributed by atoms with van der Waals surface area (Å²) in [6.45, 7) is 4.31. The molecule has 0 radical (unpaired) electrons. The third kappa shape index (κ3) is 4.09. The van der Waals surface area contributed by atoms with Crippen molar-refractivity contribution >= 4 is 28.0 Å². The van der Waals surface area contributed by atoms with Gasteiger partial charge in [-0.05, 0) is 25.0 Å². The van der Waals surface area contributed by atoms with Crippen molar-refractivity contribution in [1.82, 2.24) is 20.1 Å². The molecule has 0 fully saturated rings. The minimum atomic E-state index is -0.294. The molecule has 0 aliphatic rings. The number of carbonyl (C=O) groups excluding carboxylic acids is 1. The van der Waals surface area contributed by atoms with Crippen LogP contribution >= 0.6 is 11.3 Å². The summed E-state index contributed by atoms with van der Waals surface area (Å²) in [6.07, 6.45) is 3.20. The summed E-state index contributed by atoms with van der Waals surface area (Å²) in [5.74, 6) is 0.606. The Labute approximate surface area is 172 Å². The van der Waals surface area contributed by atoms with Crippen LogP contribution in [0.2, 0.25) is 0 Å². The second-order valence-corrected chi connectivity index (χ2v) is 7.41. The molecule has 0 bridgehead atoms. The van der Waals surface area contributed by atoms with Crippen LogP contribution in [0.1, 0.15) is 48.1 Å². The standard InChI is InChI=1S/C20H24N4O4S/c1-5-12(6-2)24-10-15(19(25)21-9-18-23-22-11-29-18)13-7-16(27-3)17(28-4)8-14(13)20(24)26/h7-8,10-12H,5-6,9H2,1-4H3,(H,21,25). The fraction of sp³-hybridized carbons (Fsp3) is 0.400. The molecule has 1 amide bonds. The largest absolute Gasteiger partial charge is 0.493 e. The quantitative estimate of drug-likeness (QED) is 0.606. The first-order valence-corrected chi connectivity index (χ1v) is 10.3.